The minimum atomic E-state index is -0.296. The highest BCUT2D eigenvalue weighted by atomic mass is 35.5. The van der Waals surface area contributed by atoms with E-state index in [1.54, 1.807) is 25.3 Å². The summed E-state index contributed by atoms with van der Waals surface area (Å²) in [6.07, 6.45) is 5.05. The summed E-state index contributed by atoms with van der Waals surface area (Å²) in [6, 6.07) is 10.9. The highest BCUT2D eigenvalue weighted by molar-refractivity contribution is 6.32. The lowest BCUT2D eigenvalue weighted by atomic mass is 10.1. The van der Waals surface area contributed by atoms with E-state index in [-0.39, 0.29) is 24.8 Å². The van der Waals surface area contributed by atoms with E-state index in [4.69, 9.17) is 21.1 Å². The molecule has 0 aliphatic heterocycles. The third-order valence-corrected chi connectivity index (χ3v) is 4.85. The maximum absolute atomic E-state index is 13.7. The molecule has 6 heteroatoms. The van der Waals surface area contributed by atoms with Crippen LogP contribution < -0.4 is 14.8 Å². The number of hydrogen-bond donors (Lipinski definition) is 1. The first kappa shape index (κ1) is 20.8. The Labute approximate surface area is 165 Å². The van der Waals surface area contributed by atoms with Crippen molar-refractivity contribution in [1.82, 2.24) is 5.32 Å². The number of halogens is 3. The average Bonchev–Trinajstić information content (AvgIpc) is 3.13. The molecule has 0 aromatic heterocycles. The van der Waals surface area contributed by atoms with Crippen LogP contribution in [0.3, 0.4) is 0 Å². The van der Waals surface area contributed by atoms with Crippen molar-refractivity contribution in [3.8, 4) is 11.5 Å². The maximum atomic E-state index is 13.7. The second-order valence-corrected chi connectivity index (χ2v) is 6.76. The van der Waals surface area contributed by atoms with Gasteiger partial charge in [0.15, 0.2) is 11.5 Å². The van der Waals surface area contributed by atoms with Gasteiger partial charge in [-0.25, -0.2) is 4.39 Å². The molecule has 26 heavy (non-hydrogen) atoms. The molecule has 1 N–H and O–H groups in total. The molecule has 0 heterocycles. The van der Waals surface area contributed by atoms with Gasteiger partial charge in [0.2, 0.25) is 0 Å². The third-order valence-electron chi connectivity index (χ3n) is 4.57. The predicted octanol–water partition coefficient (Wildman–Crippen LogP) is 5.52. The van der Waals surface area contributed by atoms with E-state index in [9.17, 15) is 4.39 Å². The van der Waals surface area contributed by atoms with Crippen molar-refractivity contribution in [3.05, 3.63) is 58.4 Å². The molecule has 1 saturated carbocycles. The zero-order chi connectivity index (χ0) is 17.6. The zero-order valence-corrected chi connectivity index (χ0v) is 16.3. The van der Waals surface area contributed by atoms with Crippen LogP contribution in [0.5, 0.6) is 11.5 Å². The molecule has 0 saturated heterocycles. The van der Waals surface area contributed by atoms with Crippen LogP contribution in [-0.2, 0) is 13.2 Å². The fourth-order valence-corrected chi connectivity index (χ4v) is 3.46. The molecular weight excluding hydrogens is 376 g/mol. The maximum Gasteiger partial charge on any atom is 0.180 e. The van der Waals surface area contributed by atoms with Gasteiger partial charge >= 0.3 is 0 Å². The molecule has 3 nitrogen and oxygen atoms in total. The standard InChI is InChI=1S/C20H23ClFNO2.ClH/c1-24-19-11-14(12-23-16-7-3-4-8-16)10-17(21)20(19)25-13-15-6-2-5-9-18(15)22;/h2,5-6,9-11,16,23H,3-4,7-8,12-13H2,1H3;1H. The normalized spacial score (nSPS) is 14.1. The second kappa shape index (κ2) is 10.0. The van der Waals surface area contributed by atoms with Crippen LogP contribution in [0.25, 0.3) is 0 Å². The van der Waals surface area contributed by atoms with Gasteiger partial charge in [-0.1, -0.05) is 42.6 Å². The van der Waals surface area contributed by atoms with Crippen molar-refractivity contribution in [3.63, 3.8) is 0 Å². The van der Waals surface area contributed by atoms with Gasteiger partial charge in [0.1, 0.15) is 12.4 Å². The largest absolute Gasteiger partial charge is 0.493 e. The highest BCUT2D eigenvalue weighted by Crippen LogP contribution is 2.37. The Morgan fingerprint density at radius 3 is 2.62 bits per heavy atom. The number of benzene rings is 2. The Bertz CT molecular complexity index is 721. The Kier molecular flexibility index (Phi) is 8.01. The van der Waals surface area contributed by atoms with E-state index in [1.165, 1.54) is 31.7 Å². The zero-order valence-electron chi connectivity index (χ0n) is 14.8. The van der Waals surface area contributed by atoms with Crippen LogP contribution in [0.2, 0.25) is 5.02 Å². The molecule has 2 aromatic carbocycles. The van der Waals surface area contributed by atoms with Crippen LogP contribution in [0.15, 0.2) is 36.4 Å². The van der Waals surface area contributed by atoms with E-state index >= 15 is 0 Å². The Balaban J connectivity index is 0.00000243. The first-order valence-corrected chi connectivity index (χ1v) is 9.01. The summed E-state index contributed by atoms with van der Waals surface area (Å²) in [5.74, 6) is 0.707. The molecule has 0 spiro atoms. The molecule has 2 aromatic rings. The summed E-state index contributed by atoms with van der Waals surface area (Å²) in [4.78, 5) is 0. The lowest BCUT2D eigenvalue weighted by molar-refractivity contribution is 0.279. The molecule has 0 bridgehead atoms. The topological polar surface area (TPSA) is 30.5 Å². The minimum absolute atomic E-state index is 0. The first-order valence-electron chi connectivity index (χ1n) is 8.63. The number of methoxy groups -OCH3 is 1. The summed E-state index contributed by atoms with van der Waals surface area (Å²) in [7, 11) is 1.58. The molecule has 0 radical (unpaired) electrons. The Morgan fingerprint density at radius 1 is 1.19 bits per heavy atom. The summed E-state index contributed by atoms with van der Waals surface area (Å²) >= 11 is 6.39. The van der Waals surface area contributed by atoms with Crippen molar-refractivity contribution >= 4 is 24.0 Å². The van der Waals surface area contributed by atoms with Gasteiger partial charge in [-0.2, -0.15) is 0 Å². The Hall–Kier alpha value is -1.49. The van der Waals surface area contributed by atoms with Crippen molar-refractivity contribution < 1.29 is 13.9 Å². The monoisotopic (exact) mass is 399 g/mol. The summed E-state index contributed by atoms with van der Waals surface area (Å²) in [6.45, 7) is 0.844. The van der Waals surface area contributed by atoms with Crippen molar-refractivity contribution in [2.75, 3.05) is 7.11 Å². The van der Waals surface area contributed by atoms with Gasteiger partial charge in [-0.15, -0.1) is 12.4 Å². The summed E-state index contributed by atoms with van der Waals surface area (Å²) in [5, 5.41) is 4.03. The fourth-order valence-electron chi connectivity index (χ4n) is 3.17. The van der Waals surface area contributed by atoms with Crippen LogP contribution in [0.1, 0.15) is 36.8 Å². The van der Waals surface area contributed by atoms with Crippen LogP contribution in [0, 0.1) is 5.82 Å². The van der Waals surface area contributed by atoms with Gasteiger partial charge in [0, 0.05) is 18.2 Å². The van der Waals surface area contributed by atoms with Gasteiger partial charge in [-0.05, 0) is 36.6 Å². The van der Waals surface area contributed by atoms with Crippen molar-refractivity contribution in [1.29, 1.82) is 0 Å². The number of hydrogen-bond acceptors (Lipinski definition) is 3. The number of rotatable bonds is 7. The van der Waals surface area contributed by atoms with E-state index < -0.39 is 0 Å². The van der Waals surface area contributed by atoms with Gasteiger partial charge in [-0.3, -0.25) is 0 Å². The van der Waals surface area contributed by atoms with Crippen LogP contribution >= 0.6 is 24.0 Å². The van der Waals surface area contributed by atoms with Crippen molar-refractivity contribution in [2.24, 2.45) is 0 Å². The third kappa shape index (κ3) is 5.26. The second-order valence-electron chi connectivity index (χ2n) is 6.35. The van der Waals surface area contributed by atoms with E-state index in [0.29, 0.717) is 28.1 Å². The molecule has 1 aliphatic carbocycles. The fraction of sp³-hybridized carbons (Fsp3) is 0.400. The molecule has 0 atom stereocenters. The van der Waals surface area contributed by atoms with Crippen molar-refractivity contribution in [2.45, 2.75) is 44.9 Å². The SMILES string of the molecule is COc1cc(CNC2CCCC2)cc(Cl)c1OCc1ccccc1F.Cl. The van der Waals surface area contributed by atoms with Gasteiger partial charge in [0.25, 0.3) is 0 Å². The Morgan fingerprint density at radius 2 is 1.92 bits per heavy atom. The molecular formula is C20H24Cl2FNO2. The summed E-state index contributed by atoms with van der Waals surface area (Å²) < 4.78 is 24.9. The van der Waals surface area contributed by atoms with Gasteiger partial charge in [0.05, 0.1) is 12.1 Å². The lowest BCUT2D eigenvalue weighted by Crippen LogP contribution is -2.25. The molecule has 1 fully saturated rings. The number of ether oxygens (including phenoxy) is 2. The quantitative estimate of drug-likeness (QED) is 0.664. The van der Waals surface area contributed by atoms with E-state index in [1.807, 2.05) is 12.1 Å². The molecule has 142 valence electrons. The molecule has 0 amide bonds. The molecule has 0 unspecified atom stereocenters. The lowest BCUT2D eigenvalue weighted by Gasteiger charge is -2.16. The van der Waals surface area contributed by atoms with Crippen LogP contribution in [-0.4, -0.2) is 13.2 Å². The minimum Gasteiger partial charge on any atom is -0.493 e. The van der Waals surface area contributed by atoms with Gasteiger partial charge < -0.3 is 14.8 Å². The van der Waals surface area contributed by atoms with Crippen LogP contribution in [0.4, 0.5) is 4.39 Å². The smallest absolute Gasteiger partial charge is 0.180 e. The predicted molar refractivity (Wildman–Crippen MR) is 105 cm³/mol. The van der Waals surface area contributed by atoms with E-state index in [0.717, 1.165) is 12.1 Å². The first-order chi connectivity index (χ1) is 12.2. The number of nitrogens with one attached hydrogen (secondary N) is 1. The highest BCUT2D eigenvalue weighted by Gasteiger charge is 2.16. The average molecular weight is 400 g/mol. The van der Waals surface area contributed by atoms with E-state index in [2.05, 4.69) is 5.32 Å². The summed E-state index contributed by atoms with van der Waals surface area (Å²) in [5.41, 5.74) is 1.53. The molecule has 1 aliphatic rings. The molecule has 3 rings (SSSR count).